The number of nitrogens with zero attached hydrogens (tertiary/aromatic N) is 1. The van der Waals surface area contributed by atoms with Gasteiger partial charge in [-0.15, -0.1) is 0 Å². The molecule has 2 rings (SSSR count). The number of aromatic carboxylic acids is 1. The summed E-state index contributed by atoms with van der Waals surface area (Å²) >= 11 is 0. The smallest absolute Gasteiger partial charge is 0.342 e. The molecule has 76 valence electrons. The monoisotopic (exact) mass is 205 g/mol. The Morgan fingerprint density at radius 2 is 2.20 bits per heavy atom. The molecule has 0 amide bonds. The van der Waals surface area contributed by atoms with Gasteiger partial charge in [0.25, 0.3) is 5.56 Å². The summed E-state index contributed by atoms with van der Waals surface area (Å²) in [6, 6.07) is 1.51. The molecule has 0 aliphatic carbocycles. The molecule has 6 heteroatoms. The Labute approximate surface area is 83.6 Å². The quantitative estimate of drug-likeness (QED) is 0.663. The van der Waals surface area contributed by atoms with E-state index < -0.39 is 11.5 Å². The molecule has 15 heavy (non-hydrogen) atoms. The van der Waals surface area contributed by atoms with Gasteiger partial charge in [-0.05, 0) is 6.07 Å². The van der Waals surface area contributed by atoms with E-state index in [2.05, 4.69) is 15.0 Å². The van der Waals surface area contributed by atoms with Crippen molar-refractivity contribution in [3.05, 3.63) is 40.7 Å². The fourth-order valence-corrected chi connectivity index (χ4v) is 1.32. The van der Waals surface area contributed by atoms with E-state index in [1.54, 1.807) is 0 Å². The van der Waals surface area contributed by atoms with Gasteiger partial charge in [-0.2, -0.15) is 0 Å². The zero-order valence-corrected chi connectivity index (χ0v) is 7.52. The third kappa shape index (κ3) is 1.52. The fourth-order valence-electron chi connectivity index (χ4n) is 1.32. The van der Waals surface area contributed by atoms with Crippen molar-refractivity contribution in [3.8, 4) is 11.3 Å². The largest absolute Gasteiger partial charge is 0.477 e. The summed E-state index contributed by atoms with van der Waals surface area (Å²) in [5, 5.41) is 8.89. The van der Waals surface area contributed by atoms with Crippen molar-refractivity contribution in [1.29, 1.82) is 0 Å². The van der Waals surface area contributed by atoms with E-state index in [0.717, 1.165) is 0 Å². The van der Waals surface area contributed by atoms with Gasteiger partial charge in [0.05, 0.1) is 18.2 Å². The second-order valence-electron chi connectivity index (χ2n) is 2.87. The standard InChI is InChI=1S/C9H7N3O3/c13-8-7(9(14)15)5(1-2-11-8)6-3-10-4-12-6/h1-4H,(H,10,12)(H,11,13)(H,14,15). The van der Waals surface area contributed by atoms with Gasteiger partial charge in [0.1, 0.15) is 5.56 Å². The number of hydrogen-bond acceptors (Lipinski definition) is 3. The number of aromatic nitrogens is 3. The highest BCUT2D eigenvalue weighted by Crippen LogP contribution is 2.17. The Morgan fingerprint density at radius 1 is 1.40 bits per heavy atom. The molecule has 0 saturated heterocycles. The van der Waals surface area contributed by atoms with Crippen LogP contribution in [0.15, 0.2) is 29.6 Å². The molecular formula is C9H7N3O3. The second-order valence-corrected chi connectivity index (χ2v) is 2.87. The molecule has 6 nitrogen and oxygen atoms in total. The number of imidazole rings is 1. The molecule has 0 saturated carbocycles. The first-order chi connectivity index (χ1) is 7.20. The van der Waals surface area contributed by atoms with Gasteiger partial charge in [-0.3, -0.25) is 4.79 Å². The second kappa shape index (κ2) is 3.41. The molecule has 0 atom stereocenters. The molecule has 0 bridgehead atoms. The molecule has 2 heterocycles. The van der Waals surface area contributed by atoms with Crippen molar-refractivity contribution < 1.29 is 9.90 Å². The average Bonchev–Trinajstić information content (AvgIpc) is 2.69. The van der Waals surface area contributed by atoms with E-state index >= 15 is 0 Å². The van der Waals surface area contributed by atoms with E-state index in [1.807, 2.05) is 0 Å². The van der Waals surface area contributed by atoms with E-state index in [1.165, 1.54) is 24.8 Å². The van der Waals surface area contributed by atoms with Gasteiger partial charge in [-0.25, -0.2) is 9.78 Å². The molecule has 0 aliphatic heterocycles. The topological polar surface area (TPSA) is 98.8 Å². The predicted molar refractivity (Wildman–Crippen MR) is 51.6 cm³/mol. The zero-order valence-electron chi connectivity index (χ0n) is 7.52. The van der Waals surface area contributed by atoms with E-state index in [4.69, 9.17) is 5.11 Å². The third-order valence-electron chi connectivity index (χ3n) is 1.96. The minimum Gasteiger partial charge on any atom is -0.477 e. The molecule has 0 aliphatic rings. The number of pyridine rings is 1. The average molecular weight is 205 g/mol. The lowest BCUT2D eigenvalue weighted by Crippen LogP contribution is -2.18. The van der Waals surface area contributed by atoms with E-state index in [-0.39, 0.29) is 5.56 Å². The molecule has 3 N–H and O–H groups in total. The molecular weight excluding hydrogens is 198 g/mol. The highest BCUT2D eigenvalue weighted by molar-refractivity contribution is 5.94. The number of carbonyl (C=O) groups is 1. The van der Waals surface area contributed by atoms with Crippen LogP contribution in [0.25, 0.3) is 11.3 Å². The first-order valence-electron chi connectivity index (χ1n) is 4.14. The van der Waals surface area contributed by atoms with Crippen LogP contribution in [-0.2, 0) is 0 Å². The van der Waals surface area contributed by atoms with Crippen LogP contribution >= 0.6 is 0 Å². The molecule has 0 radical (unpaired) electrons. The van der Waals surface area contributed by atoms with Gasteiger partial charge in [-0.1, -0.05) is 0 Å². The van der Waals surface area contributed by atoms with Crippen molar-refractivity contribution in [1.82, 2.24) is 15.0 Å². The molecule has 0 fully saturated rings. The number of aromatic amines is 2. The van der Waals surface area contributed by atoms with Gasteiger partial charge < -0.3 is 15.1 Å². The van der Waals surface area contributed by atoms with Crippen LogP contribution in [0.5, 0.6) is 0 Å². The van der Waals surface area contributed by atoms with Crippen LogP contribution < -0.4 is 5.56 Å². The Morgan fingerprint density at radius 3 is 2.80 bits per heavy atom. The molecule has 0 spiro atoms. The fraction of sp³-hybridized carbons (Fsp3) is 0. The van der Waals surface area contributed by atoms with Crippen molar-refractivity contribution in [2.75, 3.05) is 0 Å². The summed E-state index contributed by atoms with van der Waals surface area (Å²) in [7, 11) is 0. The highest BCUT2D eigenvalue weighted by atomic mass is 16.4. The molecule has 2 aromatic heterocycles. The maximum Gasteiger partial charge on any atom is 0.342 e. The summed E-state index contributed by atoms with van der Waals surface area (Å²) in [5.74, 6) is -1.26. The number of hydrogen-bond donors (Lipinski definition) is 3. The maximum absolute atomic E-state index is 11.3. The van der Waals surface area contributed by atoms with Gasteiger partial charge in [0.15, 0.2) is 0 Å². The normalized spacial score (nSPS) is 10.1. The number of nitrogens with one attached hydrogen (secondary N) is 2. The lowest BCUT2D eigenvalue weighted by atomic mass is 10.1. The van der Waals surface area contributed by atoms with Crippen LogP contribution in [0, 0.1) is 0 Å². The predicted octanol–water partition coefficient (Wildman–Crippen LogP) is 0.463. The minimum atomic E-state index is -1.26. The van der Waals surface area contributed by atoms with Crippen LogP contribution in [0.3, 0.4) is 0 Å². The molecule has 2 aromatic rings. The van der Waals surface area contributed by atoms with Gasteiger partial charge in [0, 0.05) is 11.8 Å². The first kappa shape index (κ1) is 9.20. The third-order valence-corrected chi connectivity index (χ3v) is 1.96. The van der Waals surface area contributed by atoms with Crippen molar-refractivity contribution >= 4 is 5.97 Å². The minimum absolute atomic E-state index is 0.290. The molecule has 0 aromatic carbocycles. The number of carboxylic acid groups (broad SMARTS) is 1. The van der Waals surface area contributed by atoms with Crippen molar-refractivity contribution in [3.63, 3.8) is 0 Å². The Bertz CT molecular complexity index is 542. The highest BCUT2D eigenvalue weighted by Gasteiger charge is 2.16. The van der Waals surface area contributed by atoms with Crippen LogP contribution in [0.2, 0.25) is 0 Å². The van der Waals surface area contributed by atoms with Crippen molar-refractivity contribution in [2.45, 2.75) is 0 Å². The summed E-state index contributed by atoms with van der Waals surface area (Å²) in [6.45, 7) is 0. The summed E-state index contributed by atoms with van der Waals surface area (Å²) in [4.78, 5) is 31.0. The molecule has 0 unspecified atom stereocenters. The Balaban J connectivity index is 2.72. The zero-order chi connectivity index (χ0) is 10.8. The Hall–Kier alpha value is -2.37. The number of carboxylic acids is 1. The number of H-pyrrole nitrogens is 2. The van der Waals surface area contributed by atoms with Gasteiger partial charge >= 0.3 is 5.97 Å². The van der Waals surface area contributed by atoms with Crippen LogP contribution in [0.1, 0.15) is 10.4 Å². The summed E-state index contributed by atoms with van der Waals surface area (Å²) in [6.07, 6.45) is 4.27. The van der Waals surface area contributed by atoms with Crippen LogP contribution in [-0.4, -0.2) is 26.0 Å². The van der Waals surface area contributed by atoms with Crippen molar-refractivity contribution in [2.24, 2.45) is 0 Å². The van der Waals surface area contributed by atoms with E-state index in [9.17, 15) is 9.59 Å². The van der Waals surface area contributed by atoms with Gasteiger partial charge in [0.2, 0.25) is 0 Å². The SMILES string of the molecule is O=C(O)c1c(-c2cnc[nH]2)cc[nH]c1=O. The van der Waals surface area contributed by atoms with Crippen LogP contribution in [0.4, 0.5) is 0 Å². The maximum atomic E-state index is 11.3. The summed E-state index contributed by atoms with van der Waals surface area (Å²) < 4.78 is 0. The summed E-state index contributed by atoms with van der Waals surface area (Å²) in [5.41, 5.74) is -0.0985. The Kier molecular flexibility index (Phi) is 2.09. The van der Waals surface area contributed by atoms with E-state index in [0.29, 0.717) is 11.3 Å². The first-order valence-corrected chi connectivity index (χ1v) is 4.14. The lowest BCUT2D eigenvalue weighted by Gasteiger charge is -2.01. The number of rotatable bonds is 2. The lowest BCUT2D eigenvalue weighted by molar-refractivity contribution is 0.0696.